The maximum Gasteiger partial charge on any atom is 0.234 e. The fourth-order valence-corrected chi connectivity index (χ4v) is 2.04. The number of unbranched alkanes of at least 4 members (excludes halogenated alkanes) is 1. The summed E-state index contributed by atoms with van der Waals surface area (Å²) in [4.78, 5) is 24.6. The Bertz CT molecular complexity index is 551. The lowest BCUT2D eigenvalue weighted by Crippen LogP contribution is -2.38. The van der Waals surface area contributed by atoms with Gasteiger partial charge in [0.1, 0.15) is 5.78 Å². The molecule has 104 valence electrons. The number of benzene rings is 1. The summed E-state index contributed by atoms with van der Waals surface area (Å²) in [5, 5.41) is 8.66. The second-order valence-corrected chi connectivity index (χ2v) is 4.69. The van der Waals surface area contributed by atoms with Gasteiger partial charge in [-0.25, -0.2) is 0 Å². The number of Topliss-reactive ketones (excluding diaryl/α,β-unsaturated/α-hetero) is 1. The fourth-order valence-electron chi connectivity index (χ4n) is 2.04. The maximum absolute atomic E-state index is 11.8. The van der Waals surface area contributed by atoms with Crippen molar-refractivity contribution in [1.82, 2.24) is 0 Å². The molecular weight excluding hydrogens is 254 g/mol. The monoisotopic (exact) mass is 271 g/mol. The minimum Gasteiger partial charge on any atom is -0.396 e. The standard InChI is InChI=1S/C16H17NO3/c18-11-3-1-2-4-13-5-7-14(8-6-13)17-10-9-15(19)12-16(17)20/h5-8,18H,1,3,9-12H2. The van der Waals surface area contributed by atoms with Gasteiger partial charge >= 0.3 is 0 Å². The number of rotatable bonds is 3. The number of carbonyl (C=O) groups excluding carboxylic acids is 2. The molecule has 0 spiro atoms. The van der Waals surface area contributed by atoms with E-state index in [1.807, 2.05) is 24.3 Å². The first-order chi connectivity index (χ1) is 9.70. The molecule has 0 aromatic heterocycles. The molecule has 0 aliphatic carbocycles. The van der Waals surface area contributed by atoms with E-state index < -0.39 is 0 Å². The molecule has 1 aliphatic rings. The van der Waals surface area contributed by atoms with E-state index >= 15 is 0 Å². The molecule has 0 radical (unpaired) electrons. The molecule has 0 atom stereocenters. The summed E-state index contributed by atoms with van der Waals surface area (Å²) < 4.78 is 0. The lowest BCUT2D eigenvalue weighted by molar-refractivity contribution is -0.128. The van der Waals surface area contributed by atoms with Crippen LogP contribution < -0.4 is 4.90 Å². The van der Waals surface area contributed by atoms with Crippen LogP contribution in [0.3, 0.4) is 0 Å². The molecule has 0 bridgehead atoms. The number of carbonyl (C=O) groups is 2. The number of aliphatic hydroxyl groups is 1. The summed E-state index contributed by atoms with van der Waals surface area (Å²) >= 11 is 0. The van der Waals surface area contributed by atoms with E-state index in [1.54, 1.807) is 4.90 Å². The molecule has 1 amide bonds. The molecule has 1 heterocycles. The van der Waals surface area contributed by atoms with Gasteiger partial charge in [-0.2, -0.15) is 0 Å². The normalized spacial score (nSPS) is 14.9. The van der Waals surface area contributed by atoms with Crippen molar-refractivity contribution >= 4 is 17.4 Å². The van der Waals surface area contributed by atoms with Crippen LogP contribution in [0.2, 0.25) is 0 Å². The van der Waals surface area contributed by atoms with Gasteiger partial charge in [-0.05, 0) is 30.7 Å². The molecule has 4 heteroatoms. The van der Waals surface area contributed by atoms with Gasteiger partial charge in [0, 0.05) is 37.2 Å². The molecule has 1 fully saturated rings. The molecule has 1 saturated heterocycles. The van der Waals surface area contributed by atoms with Crippen molar-refractivity contribution in [3.05, 3.63) is 29.8 Å². The van der Waals surface area contributed by atoms with Crippen LogP contribution in [0.15, 0.2) is 24.3 Å². The van der Waals surface area contributed by atoms with Crippen molar-refractivity contribution in [1.29, 1.82) is 0 Å². The van der Waals surface area contributed by atoms with Crippen molar-refractivity contribution in [2.24, 2.45) is 0 Å². The number of ketones is 1. The maximum atomic E-state index is 11.8. The fraction of sp³-hybridized carbons (Fsp3) is 0.375. The predicted molar refractivity (Wildman–Crippen MR) is 76.2 cm³/mol. The van der Waals surface area contributed by atoms with Gasteiger partial charge in [-0.15, -0.1) is 0 Å². The zero-order valence-corrected chi connectivity index (χ0v) is 11.3. The Kier molecular flexibility index (Phi) is 4.91. The number of amides is 1. The molecule has 1 aromatic rings. The first-order valence-electron chi connectivity index (χ1n) is 6.72. The van der Waals surface area contributed by atoms with E-state index in [2.05, 4.69) is 11.8 Å². The van der Waals surface area contributed by atoms with E-state index in [1.165, 1.54) is 0 Å². The largest absolute Gasteiger partial charge is 0.396 e. The van der Waals surface area contributed by atoms with Crippen LogP contribution in [0.25, 0.3) is 0 Å². The Balaban J connectivity index is 2.02. The molecule has 0 unspecified atom stereocenters. The van der Waals surface area contributed by atoms with E-state index in [0.29, 0.717) is 25.8 Å². The highest BCUT2D eigenvalue weighted by Gasteiger charge is 2.24. The van der Waals surface area contributed by atoms with Gasteiger partial charge < -0.3 is 10.0 Å². The number of hydrogen-bond acceptors (Lipinski definition) is 3. The highest BCUT2D eigenvalue weighted by Crippen LogP contribution is 2.19. The summed E-state index contributed by atoms with van der Waals surface area (Å²) in [6, 6.07) is 7.43. The van der Waals surface area contributed by atoms with Crippen LogP contribution in [0.4, 0.5) is 5.69 Å². The first-order valence-corrected chi connectivity index (χ1v) is 6.72. The van der Waals surface area contributed by atoms with Crippen molar-refractivity contribution < 1.29 is 14.7 Å². The van der Waals surface area contributed by atoms with Gasteiger partial charge in [0.2, 0.25) is 5.91 Å². The third-order valence-corrected chi connectivity index (χ3v) is 3.14. The van der Waals surface area contributed by atoms with Gasteiger partial charge in [0.15, 0.2) is 0 Å². The topological polar surface area (TPSA) is 57.6 Å². The minimum atomic E-state index is -0.136. The van der Waals surface area contributed by atoms with Crippen LogP contribution in [0.1, 0.15) is 31.2 Å². The van der Waals surface area contributed by atoms with Crippen LogP contribution in [-0.2, 0) is 9.59 Å². The summed E-state index contributed by atoms with van der Waals surface area (Å²) in [5.41, 5.74) is 1.69. The van der Waals surface area contributed by atoms with Gasteiger partial charge in [-0.1, -0.05) is 11.8 Å². The number of nitrogens with zero attached hydrogens (tertiary/aromatic N) is 1. The predicted octanol–water partition coefficient (Wildman–Crippen LogP) is 1.51. The van der Waals surface area contributed by atoms with Gasteiger partial charge in [0.25, 0.3) is 0 Å². The lowest BCUT2D eigenvalue weighted by Gasteiger charge is -2.26. The Morgan fingerprint density at radius 1 is 1.20 bits per heavy atom. The zero-order valence-electron chi connectivity index (χ0n) is 11.3. The number of hydrogen-bond donors (Lipinski definition) is 1. The average Bonchev–Trinajstić information content (AvgIpc) is 2.45. The Morgan fingerprint density at radius 2 is 1.95 bits per heavy atom. The van der Waals surface area contributed by atoms with E-state index in [4.69, 9.17) is 5.11 Å². The molecule has 0 saturated carbocycles. The number of piperidine rings is 1. The van der Waals surface area contributed by atoms with Crippen LogP contribution in [0, 0.1) is 11.8 Å². The third-order valence-electron chi connectivity index (χ3n) is 3.14. The van der Waals surface area contributed by atoms with Crippen molar-refractivity contribution in [3.8, 4) is 11.8 Å². The first kappa shape index (κ1) is 14.3. The second-order valence-electron chi connectivity index (χ2n) is 4.69. The Morgan fingerprint density at radius 3 is 2.60 bits per heavy atom. The molecule has 4 nitrogen and oxygen atoms in total. The quantitative estimate of drug-likeness (QED) is 0.515. The SMILES string of the molecule is O=C1CCN(c2ccc(C#CCCCO)cc2)C(=O)C1. The summed E-state index contributed by atoms with van der Waals surface area (Å²) in [7, 11) is 0. The van der Waals surface area contributed by atoms with Crippen molar-refractivity contribution in [3.63, 3.8) is 0 Å². The van der Waals surface area contributed by atoms with E-state index in [9.17, 15) is 9.59 Å². The minimum absolute atomic E-state index is 0.00270. The average molecular weight is 271 g/mol. The van der Waals surface area contributed by atoms with Crippen LogP contribution in [0.5, 0.6) is 0 Å². The summed E-state index contributed by atoms with van der Waals surface area (Å²) in [6.45, 7) is 0.614. The molecule has 1 N–H and O–H groups in total. The zero-order chi connectivity index (χ0) is 14.4. The Labute approximate surface area is 118 Å². The molecule has 2 rings (SSSR count). The smallest absolute Gasteiger partial charge is 0.234 e. The molecule has 1 aromatic carbocycles. The van der Waals surface area contributed by atoms with Crippen molar-refractivity contribution in [2.45, 2.75) is 25.7 Å². The number of aliphatic hydroxyl groups excluding tert-OH is 1. The molecule has 1 aliphatic heterocycles. The second kappa shape index (κ2) is 6.88. The van der Waals surface area contributed by atoms with Crippen LogP contribution in [-0.4, -0.2) is 29.9 Å². The third kappa shape index (κ3) is 3.69. The number of anilines is 1. The van der Waals surface area contributed by atoms with Crippen LogP contribution >= 0.6 is 0 Å². The van der Waals surface area contributed by atoms with E-state index in [-0.39, 0.29) is 24.7 Å². The van der Waals surface area contributed by atoms with E-state index in [0.717, 1.165) is 11.3 Å². The summed E-state index contributed by atoms with van der Waals surface area (Å²) in [5.74, 6) is 5.87. The summed E-state index contributed by atoms with van der Waals surface area (Å²) in [6.07, 6.45) is 1.78. The van der Waals surface area contributed by atoms with Crippen molar-refractivity contribution in [2.75, 3.05) is 18.1 Å². The molecular formula is C16H17NO3. The highest BCUT2D eigenvalue weighted by molar-refractivity contribution is 6.08. The molecule has 20 heavy (non-hydrogen) atoms. The highest BCUT2D eigenvalue weighted by atomic mass is 16.2. The Hall–Kier alpha value is -2.12. The van der Waals surface area contributed by atoms with Gasteiger partial charge in [-0.3, -0.25) is 9.59 Å². The lowest BCUT2D eigenvalue weighted by atomic mass is 10.1. The van der Waals surface area contributed by atoms with Gasteiger partial charge in [0.05, 0.1) is 6.42 Å².